The third-order valence-electron chi connectivity index (χ3n) is 4.53. The van der Waals surface area contributed by atoms with Crippen molar-refractivity contribution in [3.05, 3.63) is 44.8 Å². The summed E-state index contributed by atoms with van der Waals surface area (Å²) in [5.74, 6) is -2.17. The van der Waals surface area contributed by atoms with Crippen LogP contribution in [-0.2, 0) is 16.1 Å². The number of nitrogens with one attached hydrogen (secondary N) is 1. The lowest BCUT2D eigenvalue weighted by Gasteiger charge is -2.24. The second-order valence-corrected chi connectivity index (χ2v) is 6.98. The number of carbonyl (C=O) groups is 1. The number of alkyl halides is 3. The fourth-order valence-corrected chi connectivity index (χ4v) is 2.90. The molecule has 10 nitrogen and oxygen atoms in total. The topological polar surface area (TPSA) is 145 Å². The normalized spacial score (nSPS) is 24.1. The van der Waals surface area contributed by atoms with Gasteiger partial charge in [-0.15, -0.1) is 6.58 Å². The summed E-state index contributed by atoms with van der Waals surface area (Å²) >= 11 is 0. The number of H-pyrrole nitrogens is 1. The number of amides is 1. The van der Waals surface area contributed by atoms with Crippen molar-refractivity contribution in [3.63, 3.8) is 0 Å². The van der Waals surface area contributed by atoms with Gasteiger partial charge in [-0.25, -0.2) is 4.79 Å². The van der Waals surface area contributed by atoms with Crippen LogP contribution >= 0.6 is 0 Å². The summed E-state index contributed by atoms with van der Waals surface area (Å²) < 4.78 is 44.7. The van der Waals surface area contributed by atoms with Crippen LogP contribution in [0.2, 0.25) is 0 Å². The fraction of sp³-hybridized carbons (Fsp3) is 0.588. The summed E-state index contributed by atoms with van der Waals surface area (Å²) in [7, 11) is 0. The highest BCUT2D eigenvalue weighted by Gasteiger charge is 2.44. The van der Waals surface area contributed by atoms with Crippen LogP contribution in [0.25, 0.3) is 0 Å². The molecular weight excluding hydrogens is 415 g/mol. The van der Waals surface area contributed by atoms with E-state index in [1.165, 1.54) is 0 Å². The Balaban J connectivity index is 2.39. The summed E-state index contributed by atoms with van der Waals surface area (Å²) in [6.45, 7) is 3.29. The van der Waals surface area contributed by atoms with Gasteiger partial charge in [0.15, 0.2) is 6.23 Å². The highest BCUT2D eigenvalue weighted by atomic mass is 19.4. The molecule has 4 N–H and O–H groups in total. The molecule has 1 aromatic heterocycles. The Kier molecular flexibility index (Phi) is 7.23. The van der Waals surface area contributed by atoms with E-state index in [2.05, 4.69) is 6.58 Å². The lowest BCUT2D eigenvalue weighted by Crippen LogP contribution is -2.44. The zero-order valence-electron chi connectivity index (χ0n) is 15.9. The number of aliphatic hydroxyl groups excluding tert-OH is 3. The molecule has 1 amide bonds. The quantitative estimate of drug-likeness (QED) is 0.401. The van der Waals surface area contributed by atoms with Crippen LogP contribution in [0.5, 0.6) is 0 Å². The van der Waals surface area contributed by atoms with Crippen molar-refractivity contribution in [3.8, 4) is 0 Å². The predicted molar refractivity (Wildman–Crippen MR) is 95.2 cm³/mol. The lowest BCUT2D eigenvalue weighted by atomic mass is 10.1. The van der Waals surface area contributed by atoms with Gasteiger partial charge in [0.25, 0.3) is 5.56 Å². The van der Waals surface area contributed by atoms with Crippen LogP contribution in [0.3, 0.4) is 0 Å². The Bertz CT molecular complexity index is 911. The van der Waals surface area contributed by atoms with E-state index in [1.54, 1.807) is 6.92 Å². The molecule has 168 valence electrons. The van der Waals surface area contributed by atoms with Gasteiger partial charge in [0, 0.05) is 12.7 Å². The van der Waals surface area contributed by atoms with Crippen molar-refractivity contribution in [1.29, 1.82) is 0 Å². The number of rotatable bonds is 7. The summed E-state index contributed by atoms with van der Waals surface area (Å²) in [6, 6.07) is 0. The average molecular weight is 437 g/mol. The average Bonchev–Trinajstić information content (AvgIpc) is 2.93. The lowest BCUT2D eigenvalue weighted by molar-refractivity contribution is -0.186. The number of carbonyl (C=O) groups excluding carboxylic acids is 1. The molecule has 2 heterocycles. The predicted octanol–water partition coefficient (Wildman–Crippen LogP) is -0.995. The van der Waals surface area contributed by atoms with E-state index in [0.717, 1.165) is 6.20 Å². The maximum atomic E-state index is 12.9. The molecular formula is C17H22F3N3O7. The molecule has 0 saturated carbocycles. The van der Waals surface area contributed by atoms with Crippen LogP contribution < -0.4 is 11.2 Å². The molecule has 1 saturated heterocycles. The highest BCUT2D eigenvalue weighted by Crippen LogP contribution is 2.28. The third kappa shape index (κ3) is 5.16. The minimum atomic E-state index is -5.18. The Morgan fingerprint density at radius 2 is 1.97 bits per heavy atom. The van der Waals surface area contributed by atoms with Crippen molar-refractivity contribution in [2.75, 3.05) is 13.2 Å². The molecule has 0 unspecified atom stereocenters. The number of hydrogen-bond donors (Lipinski definition) is 4. The van der Waals surface area contributed by atoms with Crippen molar-refractivity contribution in [2.45, 2.75) is 50.6 Å². The van der Waals surface area contributed by atoms with Crippen molar-refractivity contribution >= 4 is 5.91 Å². The number of nitrogens with zero attached hydrogens (tertiary/aromatic N) is 2. The highest BCUT2D eigenvalue weighted by molar-refractivity contribution is 5.81. The Hall–Kier alpha value is -2.48. The molecule has 1 aliphatic heterocycles. The Morgan fingerprint density at radius 1 is 1.33 bits per heavy atom. The van der Waals surface area contributed by atoms with Gasteiger partial charge in [-0.3, -0.25) is 19.1 Å². The maximum absolute atomic E-state index is 12.9. The monoisotopic (exact) mass is 437 g/mol. The van der Waals surface area contributed by atoms with Crippen molar-refractivity contribution in [1.82, 2.24) is 14.5 Å². The van der Waals surface area contributed by atoms with E-state index in [1.807, 2.05) is 4.98 Å². The van der Waals surface area contributed by atoms with Gasteiger partial charge in [0.2, 0.25) is 0 Å². The zero-order chi connectivity index (χ0) is 22.8. The fourth-order valence-electron chi connectivity index (χ4n) is 2.90. The number of aromatic amines is 1. The molecule has 0 aliphatic carbocycles. The van der Waals surface area contributed by atoms with Gasteiger partial charge in [0.1, 0.15) is 18.3 Å². The standard InChI is InChI=1S/C17H22F3N3O7/c1-8(2)3-4-22(15(28)17(18,19)20)5-9-6-23(16(29)21-13(9)27)14-12(26)11(25)10(7-24)30-14/h6,10-12,14,24-26H,1,3-5,7H2,2H3,(H,21,27,29)/t10-,11-,12-,14-/m1/s1. The smallest absolute Gasteiger partial charge is 0.394 e. The molecule has 30 heavy (non-hydrogen) atoms. The summed E-state index contributed by atoms with van der Waals surface area (Å²) in [6.07, 6.45) is -10.2. The minimum Gasteiger partial charge on any atom is -0.394 e. The van der Waals surface area contributed by atoms with E-state index < -0.39 is 61.0 Å². The van der Waals surface area contributed by atoms with E-state index in [-0.39, 0.29) is 18.5 Å². The van der Waals surface area contributed by atoms with Gasteiger partial charge < -0.3 is 25.0 Å². The maximum Gasteiger partial charge on any atom is 0.471 e. The van der Waals surface area contributed by atoms with E-state index in [4.69, 9.17) is 9.84 Å². The Morgan fingerprint density at radius 3 is 2.47 bits per heavy atom. The SMILES string of the molecule is C=C(C)CCN(Cc1cn([C@@H]2O[C@H](CO)[C@@H](O)[C@H]2O)c(=O)[nH]c1=O)C(=O)C(F)(F)F. The third-order valence-corrected chi connectivity index (χ3v) is 4.53. The van der Waals surface area contributed by atoms with Gasteiger partial charge in [-0.2, -0.15) is 13.2 Å². The second-order valence-electron chi connectivity index (χ2n) is 6.98. The molecule has 1 fully saturated rings. The Labute approximate surface area is 167 Å². The van der Waals surface area contributed by atoms with Crippen LogP contribution in [-0.4, -0.2) is 73.3 Å². The number of aliphatic hydroxyl groups is 3. The van der Waals surface area contributed by atoms with Crippen LogP contribution in [0.4, 0.5) is 13.2 Å². The number of ether oxygens (including phenoxy) is 1. The first-order valence-electron chi connectivity index (χ1n) is 8.84. The molecule has 0 radical (unpaired) electrons. The van der Waals surface area contributed by atoms with Crippen molar-refractivity contribution in [2.24, 2.45) is 0 Å². The molecule has 0 aromatic carbocycles. The number of aromatic nitrogens is 2. The van der Waals surface area contributed by atoms with Gasteiger partial charge in [-0.1, -0.05) is 5.57 Å². The van der Waals surface area contributed by atoms with E-state index in [0.29, 0.717) is 15.0 Å². The van der Waals surface area contributed by atoms with Crippen LogP contribution in [0, 0.1) is 0 Å². The number of hydrogen-bond acceptors (Lipinski definition) is 7. The van der Waals surface area contributed by atoms with E-state index >= 15 is 0 Å². The largest absolute Gasteiger partial charge is 0.471 e. The summed E-state index contributed by atoms with van der Waals surface area (Å²) in [5.41, 5.74) is -1.96. The molecule has 2 rings (SSSR count). The van der Waals surface area contributed by atoms with E-state index in [9.17, 15) is 37.8 Å². The summed E-state index contributed by atoms with van der Waals surface area (Å²) in [4.78, 5) is 38.3. The van der Waals surface area contributed by atoms with Gasteiger partial charge in [0.05, 0.1) is 18.7 Å². The first-order chi connectivity index (χ1) is 13.9. The second kappa shape index (κ2) is 9.12. The molecule has 0 spiro atoms. The molecule has 1 aromatic rings. The number of halogens is 3. The first kappa shape index (κ1) is 23.8. The zero-order valence-corrected chi connectivity index (χ0v) is 15.9. The molecule has 1 aliphatic rings. The molecule has 13 heteroatoms. The van der Waals surface area contributed by atoms with Gasteiger partial charge >= 0.3 is 17.8 Å². The summed E-state index contributed by atoms with van der Waals surface area (Å²) in [5, 5.41) is 29.0. The van der Waals surface area contributed by atoms with Gasteiger partial charge in [-0.05, 0) is 13.3 Å². The molecule has 4 atom stereocenters. The minimum absolute atomic E-state index is 0.0498. The molecule has 0 bridgehead atoms. The van der Waals surface area contributed by atoms with Crippen molar-refractivity contribution < 1.29 is 38.0 Å². The van der Waals surface area contributed by atoms with Crippen LogP contribution in [0.15, 0.2) is 27.9 Å². The van der Waals surface area contributed by atoms with Crippen LogP contribution in [0.1, 0.15) is 25.1 Å². The first-order valence-corrected chi connectivity index (χ1v) is 8.84.